The van der Waals surface area contributed by atoms with Crippen molar-refractivity contribution in [1.29, 1.82) is 0 Å². The fourth-order valence-electron chi connectivity index (χ4n) is 2.08. The summed E-state index contributed by atoms with van der Waals surface area (Å²) >= 11 is 0. The Morgan fingerprint density at radius 2 is 2.22 bits per heavy atom. The number of aromatic nitrogens is 1. The summed E-state index contributed by atoms with van der Waals surface area (Å²) in [6, 6.07) is 7.81. The lowest BCUT2D eigenvalue weighted by Gasteiger charge is -2.06. The van der Waals surface area contributed by atoms with Crippen molar-refractivity contribution in [2.75, 3.05) is 7.11 Å². The molecule has 0 bridgehead atoms. The lowest BCUT2D eigenvalue weighted by atomic mass is 10.2. The highest BCUT2D eigenvalue weighted by atomic mass is 19.1. The highest BCUT2D eigenvalue weighted by Gasteiger charge is 2.20. The highest BCUT2D eigenvalue weighted by Crippen LogP contribution is 2.23. The van der Waals surface area contributed by atoms with Crippen LogP contribution in [0.25, 0.3) is 11.5 Å². The topological polar surface area (TPSA) is 77.5 Å². The lowest BCUT2D eigenvalue weighted by molar-refractivity contribution is 0.0946. The number of furan rings is 1. The van der Waals surface area contributed by atoms with Gasteiger partial charge in [-0.2, -0.15) is 0 Å². The molecular weight excluding hydrogens is 303 g/mol. The van der Waals surface area contributed by atoms with Crippen LogP contribution in [0.5, 0.6) is 5.75 Å². The summed E-state index contributed by atoms with van der Waals surface area (Å²) in [6.07, 6.45) is 2.64. The Labute approximate surface area is 130 Å². The molecular formula is C16H13FN2O4. The van der Waals surface area contributed by atoms with Gasteiger partial charge in [-0.3, -0.25) is 4.79 Å². The zero-order chi connectivity index (χ0) is 16.2. The monoisotopic (exact) mass is 316 g/mol. The van der Waals surface area contributed by atoms with Crippen LogP contribution in [-0.2, 0) is 6.54 Å². The minimum Gasteiger partial charge on any atom is -0.494 e. The third-order valence-corrected chi connectivity index (χ3v) is 3.20. The second-order valence-corrected chi connectivity index (χ2v) is 4.66. The maximum absolute atomic E-state index is 13.6. The SMILES string of the molecule is COc1ccc(CNC(=O)c2ncoc2-c2ccco2)cc1F. The van der Waals surface area contributed by atoms with Crippen molar-refractivity contribution in [3.05, 3.63) is 60.1 Å². The van der Waals surface area contributed by atoms with Crippen LogP contribution >= 0.6 is 0 Å². The molecule has 23 heavy (non-hydrogen) atoms. The van der Waals surface area contributed by atoms with Crippen LogP contribution in [0.4, 0.5) is 4.39 Å². The Balaban J connectivity index is 1.71. The van der Waals surface area contributed by atoms with E-state index < -0.39 is 11.7 Å². The quantitative estimate of drug-likeness (QED) is 0.783. The van der Waals surface area contributed by atoms with E-state index in [0.717, 1.165) is 0 Å². The summed E-state index contributed by atoms with van der Waals surface area (Å²) in [5.74, 6) is -0.133. The molecule has 1 N–H and O–H groups in total. The third kappa shape index (κ3) is 3.08. The molecule has 0 fully saturated rings. The van der Waals surface area contributed by atoms with Crippen molar-refractivity contribution in [3.63, 3.8) is 0 Å². The average molecular weight is 316 g/mol. The Morgan fingerprint density at radius 1 is 1.35 bits per heavy atom. The van der Waals surface area contributed by atoms with Crippen LogP contribution in [0.15, 0.2) is 51.8 Å². The number of benzene rings is 1. The molecule has 118 valence electrons. The summed E-state index contributed by atoms with van der Waals surface area (Å²) < 4.78 is 28.9. The molecule has 0 aliphatic heterocycles. The first-order valence-electron chi connectivity index (χ1n) is 6.77. The molecule has 3 rings (SSSR count). The maximum atomic E-state index is 13.6. The van der Waals surface area contributed by atoms with E-state index >= 15 is 0 Å². The van der Waals surface area contributed by atoms with Gasteiger partial charge in [0.05, 0.1) is 13.4 Å². The average Bonchev–Trinajstić information content (AvgIpc) is 3.23. The van der Waals surface area contributed by atoms with Gasteiger partial charge < -0.3 is 18.9 Å². The lowest BCUT2D eigenvalue weighted by Crippen LogP contribution is -2.23. The number of oxazole rings is 1. The number of amides is 1. The number of carbonyl (C=O) groups excluding carboxylic acids is 1. The summed E-state index contributed by atoms with van der Waals surface area (Å²) in [7, 11) is 1.39. The first-order chi connectivity index (χ1) is 11.2. The summed E-state index contributed by atoms with van der Waals surface area (Å²) in [5, 5.41) is 2.66. The molecule has 1 amide bonds. The van der Waals surface area contributed by atoms with Crippen LogP contribution in [-0.4, -0.2) is 18.0 Å². The van der Waals surface area contributed by atoms with E-state index in [2.05, 4.69) is 10.3 Å². The first kappa shape index (κ1) is 14.8. The van der Waals surface area contributed by atoms with Crippen LogP contribution in [0.2, 0.25) is 0 Å². The predicted octanol–water partition coefficient (Wildman–Crippen LogP) is 3.01. The van der Waals surface area contributed by atoms with Crippen LogP contribution in [0.1, 0.15) is 16.1 Å². The number of nitrogens with one attached hydrogen (secondary N) is 1. The van der Waals surface area contributed by atoms with Crippen LogP contribution in [0.3, 0.4) is 0 Å². The van der Waals surface area contributed by atoms with Crippen LogP contribution in [0, 0.1) is 5.82 Å². The smallest absolute Gasteiger partial charge is 0.274 e. The number of hydrogen-bond acceptors (Lipinski definition) is 5. The van der Waals surface area contributed by atoms with Crippen molar-refractivity contribution in [2.24, 2.45) is 0 Å². The third-order valence-electron chi connectivity index (χ3n) is 3.20. The normalized spacial score (nSPS) is 10.5. The zero-order valence-corrected chi connectivity index (χ0v) is 12.2. The van der Waals surface area contributed by atoms with E-state index in [1.165, 1.54) is 31.9 Å². The van der Waals surface area contributed by atoms with E-state index in [1.807, 2.05) is 0 Å². The Kier molecular flexibility index (Phi) is 4.09. The fourth-order valence-corrected chi connectivity index (χ4v) is 2.08. The maximum Gasteiger partial charge on any atom is 0.274 e. The van der Waals surface area contributed by atoms with E-state index in [9.17, 15) is 9.18 Å². The number of carbonyl (C=O) groups is 1. The number of halogens is 1. The minimum absolute atomic E-state index is 0.105. The number of rotatable bonds is 5. The molecule has 0 radical (unpaired) electrons. The number of ether oxygens (including phenoxy) is 1. The largest absolute Gasteiger partial charge is 0.494 e. The number of nitrogens with zero attached hydrogens (tertiary/aromatic N) is 1. The molecule has 7 heteroatoms. The van der Waals surface area contributed by atoms with E-state index in [-0.39, 0.29) is 23.7 Å². The molecule has 2 heterocycles. The van der Waals surface area contributed by atoms with Crippen molar-refractivity contribution in [3.8, 4) is 17.3 Å². The second kappa shape index (κ2) is 6.35. The molecule has 0 saturated carbocycles. The summed E-state index contributed by atoms with van der Waals surface area (Å²) in [4.78, 5) is 16.1. The van der Waals surface area contributed by atoms with Gasteiger partial charge in [0.25, 0.3) is 5.91 Å². The molecule has 0 atom stereocenters. The molecule has 2 aromatic heterocycles. The molecule has 0 spiro atoms. The molecule has 6 nitrogen and oxygen atoms in total. The van der Waals surface area contributed by atoms with E-state index in [0.29, 0.717) is 11.3 Å². The standard InChI is InChI=1S/C16H13FN2O4/c1-21-12-5-4-10(7-11(12)17)8-18-16(20)14-15(23-9-19-14)13-3-2-6-22-13/h2-7,9H,8H2,1H3,(H,18,20). The molecule has 3 aromatic rings. The van der Waals surface area contributed by atoms with Crippen molar-refractivity contribution in [2.45, 2.75) is 6.54 Å². The van der Waals surface area contributed by atoms with Gasteiger partial charge >= 0.3 is 0 Å². The first-order valence-corrected chi connectivity index (χ1v) is 6.77. The van der Waals surface area contributed by atoms with Crippen molar-refractivity contribution >= 4 is 5.91 Å². The molecule has 0 aliphatic carbocycles. The Morgan fingerprint density at radius 3 is 2.91 bits per heavy atom. The predicted molar refractivity (Wildman–Crippen MR) is 78.3 cm³/mol. The Bertz CT molecular complexity index is 811. The van der Waals surface area contributed by atoms with Gasteiger partial charge in [0.1, 0.15) is 0 Å². The second-order valence-electron chi connectivity index (χ2n) is 4.66. The summed E-state index contributed by atoms with van der Waals surface area (Å²) in [6.45, 7) is 0.143. The Hall–Kier alpha value is -3.09. The number of methoxy groups -OCH3 is 1. The molecule has 0 aliphatic rings. The van der Waals surface area contributed by atoms with Gasteiger partial charge in [0.15, 0.2) is 29.4 Å². The van der Waals surface area contributed by atoms with Gasteiger partial charge in [-0.25, -0.2) is 9.37 Å². The number of hydrogen-bond donors (Lipinski definition) is 1. The van der Waals surface area contributed by atoms with Crippen LogP contribution < -0.4 is 10.1 Å². The molecule has 1 aromatic carbocycles. The van der Waals surface area contributed by atoms with Crippen molar-refractivity contribution < 1.29 is 22.8 Å². The van der Waals surface area contributed by atoms with Gasteiger partial charge in [-0.05, 0) is 29.8 Å². The fraction of sp³-hybridized carbons (Fsp3) is 0.125. The highest BCUT2D eigenvalue weighted by molar-refractivity contribution is 5.97. The van der Waals surface area contributed by atoms with Gasteiger partial charge in [0.2, 0.25) is 5.76 Å². The van der Waals surface area contributed by atoms with Crippen molar-refractivity contribution in [1.82, 2.24) is 10.3 Å². The van der Waals surface area contributed by atoms with E-state index in [4.69, 9.17) is 13.6 Å². The van der Waals surface area contributed by atoms with E-state index in [1.54, 1.807) is 18.2 Å². The molecule has 0 saturated heterocycles. The van der Waals surface area contributed by atoms with Gasteiger partial charge in [-0.1, -0.05) is 6.07 Å². The van der Waals surface area contributed by atoms with Gasteiger partial charge in [-0.15, -0.1) is 0 Å². The summed E-state index contributed by atoms with van der Waals surface area (Å²) in [5.41, 5.74) is 0.702. The van der Waals surface area contributed by atoms with Gasteiger partial charge in [0, 0.05) is 6.54 Å². The zero-order valence-electron chi connectivity index (χ0n) is 12.2. The molecule has 0 unspecified atom stereocenters. The minimum atomic E-state index is -0.489.